The highest BCUT2D eigenvalue weighted by atomic mass is 16.6. The van der Waals surface area contributed by atoms with E-state index in [2.05, 4.69) is 10.6 Å². The van der Waals surface area contributed by atoms with E-state index in [1.807, 2.05) is 0 Å². The van der Waals surface area contributed by atoms with E-state index in [-0.39, 0.29) is 6.42 Å². The predicted octanol–water partition coefficient (Wildman–Crippen LogP) is 2.15. The SMILES string of the molecule is CC(C)(C)OC(=O)NCCCCC(NC(=O)c1ccc(N)cc1)C(=O)O. The molecule has 26 heavy (non-hydrogen) atoms. The summed E-state index contributed by atoms with van der Waals surface area (Å²) in [6.45, 7) is 5.68. The minimum Gasteiger partial charge on any atom is -0.480 e. The third-order valence-electron chi connectivity index (χ3n) is 3.36. The largest absolute Gasteiger partial charge is 0.480 e. The monoisotopic (exact) mass is 365 g/mol. The van der Waals surface area contributed by atoms with E-state index in [9.17, 15) is 19.5 Å². The van der Waals surface area contributed by atoms with Gasteiger partial charge in [0, 0.05) is 17.8 Å². The first-order valence-corrected chi connectivity index (χ1v) is 8.44. The molecule has 1 atom stereocenters. The Morgan fingerprint density at radius 2 is 1.77 bits per heavy atom. The summed E-state index contributed by atoms with van der Waals surface area (Å²) < 4.78 is 5.10. The molecule has 0 radical (unpaired) electrons. The fourth-order valence-corrected chi connectivity index (χ4v) is 2.11. The Kier molecular flexibility index (Phi) is 7.89. The van der Waals surface area contributed by atoms with Crippen LogP contribution >= 0.6 is 0 Å². The third kappa shape index (κ3) is 8.36. The van der Waals surface area contributed by atoms with E-state index in [0.717, 1.165) is 0 Å². The van der Waals surface area contributed by atoms with Gasteiger partial charge in [-0.1, -0.05) is 0 Å². The second-order valence-electron chi connectivity index (χ2n) is 6.91. The summed E-state index contributed by atoms with van der Waals surface area (Å²) in [4.78, 5) is 34.9. The number of hydrogen-bond acceptors (Lipinski definition) is 5. The topological polar surface area (TPSA) is 131 Å². The molecule has 5 N–H and O–H groups in total. The van der Waals surface area contributed by atoms with Crippen LogP contribution in [0.25, 0.3) is 0 Å². The normalized spacial score (nSPS) is 12.1. The van der Waals surface area contributed by atoms with Gasteiger partial charge in [0.15, 0.2) is 0 Å². The summed E-state index contributed by atoms with van der Waals surface area (Å²) >= 11 is 0. The molecule has 0 heterocycles. The molecule has 1 aromatic carbocycles. The molecule has 1 rings (SSSR count). The number of carbonyl (C=O) groups excluding carboxylic acids is 2. The molecular weight excluding hydrogens is 338 g/mol. The predicted molar refractivity (Wildman–Crippen MR) is 97.8 cm³/mol. The van der Waals surface area contributed by atoms with Gasteiger partial charge in [0.2, 0.25) is 0 Å². The van der Waals surface area contributed by atoms with Crippen LogP contribution in [-0.4, -0.2) is 41.3 Å². The van der Waals surface area contributed by atoms with Gasteiger partial charge in [0.05, 0.1) is 0 Å². The molecule has 0 fully saturated rings. The molecule has 1 aromatic rings. The zero-order valence-corrected chi connectivity index (χ0v) is 15.4. The Bertz CT molecular complexity index is 623. The number of nitrogens with one attached hydrogen (secondary N) is 2. The summed E-state index contributed by atoms with van der Waals surface area (Å²) in [6, 6.07) is 5.23. The second-order valence-corrected chi connectivity index (χ2v) is 6.91. The first-order chi connectivity index (χ1) is 12.1. The standard InChI is InChI=1S/C18H27N3O5/c1-18(2,3)26-17(25)20-11-5-4-6-14(16(23)24)21-15(22)12-7-9-13(19)10-8-12/h7-10,14H,4-6,11,19H2,1-3H3,(H,20,25)(H,21,22)(H,23,24). The Morgan fingerprint density at radius 3 is 2.31 bits per heavy atom. The first-order valence-electron chi connectivity index (χ1n) is 8.44. The number of carboxylic acid groups (broad SMARTS) is 1. The second kappa shape index (κ2) is 9.65. The van der Waals surface area contributed by atoms with E-state index >= 15 is 0 Å². The van der Waals surface area contributed by atoms with Gasteiger partial charge in [0.1, 0.15) is 11.6 Å². The quantitative estimate of drug-likeness (QED) is 0.412. The molecule has 8 heteroatoms. The fraction of sp³-hybridized carbons (Fsp3) is 0.500. The number of nitrogen functional groups attached to an aromatic ring is 1. The zero-order chi connectivity index (χ0) is 19.7. The maximum Gasteiger partial charge on any atom is 0.407 e. The van der Waals surface area contributed by atoms with Gasteiger partial charge < -0.3 is 26.2 Å². The van der Waals surface area contributed by atoms with Crippen LogP contribution in [-0.2, 0) is 9.53 Å². The van der Waals surface area contributed by atoms with Crippen molar-refractivity contribution >= 4 is 23.7 Å². The van der Waals surface area contributed by atoms with Gasteiger partial charge in [-0.25, -0.2) is 9.59 Å². The first kappa shape index (κ1) is 21.3. The Labute approximate surface area is 153 Å². The van der Waals surface area contributed by atoms with Crippen molar-refractivity contribution in [1.29, 1.82) is 0 Å². The minimum atomic E-state index is -1.10. The molecule has 0 bridgehead atoms. The number of hydrogen-bond donors (Lipinski definition) is 4. The number of anilines is 1. The van der Waals surface area contributed by atoms with Gasteiger partial charge >= 0.3 is 12.1 Å². The lowest BCUT2D eigenvalue weighted by Crippen LogP contribution is -2.40. The number of alkyl carbamates (subject to hydrolysis) is 1. The van der Waals surface area contributed by atoms with E-state index in [1.165, 1.54) is 12.1 Å². The number of rotatable bonds is 8. The summed E-state index contributed by atoms with van der Waals surface area (Å²) in [5.74, 6) is -1.57. The van der Waals surface area contributed by atoms with Crippen LogP contribution in [0.15, 0.2) is 24.3 Å². The number of ether oxygens (including phenoxy) is 1. The van der Waals surface area contributed by atoms with E-state index < -0.39 is 29.6 Å². The fourth-order valence-electron chi connectivity index (χ4n) is 2.11. The van der Waals surface area contributed by atoms with Gasteiger partial charge in [-0.05, 0) is 64.3 Å². The minimum absolute atomic E-state index is 0.256. The van der Waals surface area contributed by atoms with Crippen molar-refractivity contribution in [2.75, 3.05) is 12.3 Å². The average Bonchev–Trinajstić information content (AvgIpc) is 2.52. The Morgan fingerprint density at radius 1 is 1.15 bits per heavy atom. The molecule has 0 aromatic heterocycles. The van der Waals surface area contributed by atoms with Crippen molar-refractivity contribution in [3.8, 4) is 0 Å². The van der Waals surface area contributed by atoms with Crippen LogP contribution in [0.5, 0.6) is 0 Å². The highest BCUT2D eigenvalue weighted by Crippen LogP contribution is 2.08. The van der Waals surface area contributed by atoms with Crippen molar-refractivity contribution in [2.24, 2.45) is 0 Å². The number of carboxylic acids is 1. The zero-order valence-electron chi connectivity index (χ0n) is 15.4. The van der Waals surface area contributed by atoms with Crippen molar-refractivity contribution in [1.82, 2.24) is 10.6 Å². The van der Waals surface area contributed by atoms with E-state index in [0.29, 0.717) is 30.6 Å². The number of unbranched alkanes of at least 4 members (excludes halogenated alkanes) is 1. The summed E-state index contributed by atoms with van der Waals surface area (Å²) in [5, 5.41) is 14.4. The third-order valence-corrected chi connectivity index (χ3v) is 3.36. The molecule has 0 saturated heterocycles. The van der Waals surface area contributed by atoms with Crippen LogP contribution in [0.1, 0.15) is 50.4 Å². The highest BCUT2D eigenvalue weighted by Gasteiger charge is 2.20. The van der Waals surface area contributed by atoms with Crippen molar-refractivity contribution in [2.45, 2.75) is 51.7 Å². The maximum atomic E-state index is 12.1. The van der Waals surface area contributed by atoms with Gasteiger partial charge in [-0.15, -0.1) is 0 Å². The van der Waals surface area contributed by atoms with Crippen molar-refractivity contribution in [3.05, 3.63) is 29.8 Å². The number of nitrogens with two attached hydrogens (primary N) is 1. The van der Waals surface area contributed by atoms with Gasteiger partial charge in [-0.3, -0.25) is 4.79 Å². The highest BCUT2D eigenvalue weighted by molar-refractivity contribution is 5.96. The van der Waals surface area contributed by atoms with E-state index in [4.69, 9.17) is 10.5 Å². The van der Waals surface area contributed by atoms with Crippen LogP contribution < -0.4 is 16.4 Å². The molecule has 0 spiro atoms. The molecule has 1 unspecified atom stereocenters. The van der Waals surface area contributed by atoms with Crippen LogP contribution in [0.3, 0.4) is 0 Å². The van der Waals surface area contributed by atoms with Crippen molar-refractivity contribution in [3.63, 3.8) is 0 Å². The smallest absolute Gasteiger partial charge is 0.407 e. The summed E-state index contributed by atoms with van der Waals surface area (Å²) in [6.07, 6.45) is 0.839. The number of amides is 2. The molecule has 0 aliphatic carbocycles. The molecular formula is C18H27N3O5. The maximum absolute atomic E-state index is 12.1. The molecule has 0 saturated carbocycles. The molecule has 144 valence electrons. The van der Waals surface area contributed by atoms with Crippen molar-refractivity contribution < 1.29 is 24.2 Å². The van der Waals surface area contributed by atoms with Gasteiger partial charge in [0.25, 0.3) is 5.91 Å². The molecule has 0 aliphatic rings. The summed E-state index contributed by atoms with van der Waals surface area (Å²) in [5.41, 5.74) is 5.86. The summed E-state index contributed by atoms with van der Waals surface area (Å²) in [7, 11) is 0. The number of benzene rings is 1. The van der Waals surface area contributed by atoms with E-state index in [1.54, 1.807) is 32.9 Å². The Hall–Kier alpha value is -2.77. The number of aliphatic carboxylic acids is 1. The molecule has 8 nitrogen and oxygen atoms in total. The number of carbonyl (C=O) groups is 3. The lowest BCUT2D eigenvalue weighted by atomic mass is 10.1. The molecule has 0 aliphatic heterocycles. The average molecular weight is 365 g/mol. The van der Waals surface area contributed by atoms with Gasteiger partial charge in [-0.2, -0.15) is 0 Å². The molecule has 2 amide bonds. The van der Waals surface area contributed by atoms with Crippen LogP contribution in [0, 0.1) is 0 Å². The lowest BCUT2D eigenvalue weighted by Gasteiger charge is -2.19. The van der Waals surface area contributed by atoms with Crippen LogP contribution in [0.2, 0.25) is 0 Å². The van der Waals surface area contributed by atoms with Crippen LogP contribution in [0.4, 0.5) is 10.5 Å². The Balaban J connectivity index is 2.37. The lowest BCUT2D eigenvalue weighted by molar-refractivity contribution is -0.139.